The highest BCUT2D eigenvalue weighted by molar-refractivity contribution is 9.09. The lowest BCUT2D eigenvalue weighted by molar-refractivity contribution is -0.641. The zero-order chi connectivity index (χ0) is 12.3. The lowest BCUT2D eigenvalue weighted by Crippen LogP contribution is -2.40. The van der Waals surface area contributed by atoms with Crippen LogP contribution in [0, 0.1) is 4.91 Å². The number of carbonyl (C=O) groups is 1. The molecule has 0 aromatic heterocycles. The summed E-state index contributed by atoms with van der Waals surface area (Å²) in [6, 6.07) is 6.96. The largest absolute Gasteiger partial charge is 0.302 e. The van der Waals surface area contributed by atoms with Crippen molar-refractivity contribution in [1.82, 2.24) is 5.01 Å². The third-order valence-electron chi connectivity index (χ3n) is 2.79. The van der Waals surface area contributed by atoms with Gasteiger partial charge in [0.15, 0.2) is 10.7 Å². The number of hydrazine groups is 1. The summed E-state index contributed by atoms with van der Waals surface area (Å²) < 4.78 is 0. The predicted octanol–water partition coefficient (Wildman–Crippen LogP) is 2.69. The van der Waals surface area contributed by atoms with Crippen LogP contribution in [0.15, 0.2) is 24.3 Å². The van der Waals surface area contributed by atoms with Crippen molar-refractivity contribution in [3.05, 3.63) is 34.7 Å². The average Bonchev–Trinajstić information content (AvgIpc) is 2.36. The van der Waals surface area contributed by atoms with E-state index in [4.69, 9.17) is 0 Å². The molecular weight excluding hydrogens is 284 g/mol. The van der Waals surface area contributed by atoms with Crippen LogP contribution in [-0.4, -0.2) is 34.1 Å². The molecule has 0 amide bonds. The monoisotopic (exact) mass is 297 g/mol. The molecule has 0 spiro atoms. The fourth-order valence-electron chi connectivity index (χ4n) is 1.90. The number of unbranched alkanes of at least 4 members (excludes halogenated alkanes) is 1. The van der Waals surface area contributed by atoms with E-state index >= 15 is 0 Å². The summed E-state index contributed by atoms with van der Waals surface area (Å²) in [4.78, 5) is 24.7. The highest BCUT2D eigenvalue weighted by atomic mass is 79.9. The van der Waals surface area contributed by atoms with Gasteiger partial charge in [-0.3, -0.25) is 4.79 Å². The fourth-order valence-corrected chi connectivity index (χ4v) is 2.30. The number of nitrogens with zero attached hydrogens (tertiary/aromatic N) is 2. The van der Waals surface area contributed by atoms with E-state index in [1.54, 1.807) is 29.3 Å². The van der Waals surface area contributed by atoms with Gasteiger partial charge in [-0.25, -0.2) is 0 Å². The maximum atomic E-state index is 12.0. The van der Waals surface area contributed by atoms with Crippen LogP contribution in [-0.2, 0) is 0 Å². The summed E-state index contributed by atoms with van der Waals surface area (Å²) in [5.74, 6) is 0.0199. The van der Waals surface area contributed by atoms with Crippen LogP contribution in [0.2, 0.25) is 0 Å². The first-order chi connectivity index (χ1) is 8.24. The molecule has 0 radical (unpaired) electrons. The third-order valence-corrected chi connectivity index (χ3v) is 3.35. The lowest BCUT2D eigenvalue weighted by atomic mass is 10.1. The zero-order valence-electron chi connectivity index (χ0n) is 9.43. The van der Waals surface area contributed by atoms with Gasteiger partial charge in [0.25, 0.3) is 0 Å². The molecule has 0 bridgehead atoms. The Labute approximate surface area is 108 Å². The molecule has 0 atom stereocenters. The number of hydrogen-bond acceptors (Lipinski definition) is 2. The number of nitroso groups, excluding NO2 is 1. The summed E-state index contributed by atoms with van der Waals surface area (Å²) in [6.45, 7) is 0.804. The molecule has 1 aliphatic heterocycles. The van der Waals surface area contributed by atoms with E-state index in [2.05, 4.69) is 15.9 Å². The van der Waals surface area contributed by atoms with Crippen molar-refractivity contribution in [2.24, 2.45) is 0 Å². The second-order valence-corrected chi connectivity index (χ2v) is 4.79. The van der Waals surface area contributed by atoms with Gasteiger partial charge in [-0.05, 0) is 18.9 Å². The van der Waals surface area contributed by atoms with Crippen LogP contribution in [0.4, 0.5) is 5.69 Å². The summed E-state index contributed by atoms with van der Waals surface area (Å²) in [6.07, 6.45) is 1.90. The van der Waals surface area contributed by atoms with Crippen LogP contribution < -0.4 is 0 Å². The normalized spacial score (nSPS) is 15.0. The minimum atomic E-state index is 0.0199. The van der Waals surface area contributed by atoms with Crippen molar-refractivity contribution < 1.29 is 9.66 Å². The average molecular weight is 298 g/mol. The van der Waals surface area contributed by atoms with Crippen LogP contribution >= 0.6 is 15.9 Å². The van der Waals surface area contributed by atoms with E-state index in [1.807, 2.05) is 0 Å². The quantitative estimate of drug-likeness (QED) is 0.487. The van der Waals surface area contributed by atoms with Crippen molar-refractivity contribution in [2.45, 2.75) is 12.8 Å². The first-order valence-corrected chi connectivity index (χ1v) is 6.76. The van der Waals surface area contributed by atoms with Gasteiger partial charge in [0.05, 0.1) is 17.0 Å². The number of fused-ring (bicyclic) bond motifs is 1. The van der Waals surface area contributed by atoms with Crippen LogP contribution in [0.3, 0.4) is 0 Å². The number of alkyl halides is 1. The Balaban J connectivity index is 2.15. The summed E-state index contributed by atoms with van der Waals surface area (Å²) in [7, 11) is 0. The number of Topliss-reactive ketones (excluding diaryl/α,β-unsaturated/α-hetero) is 1. The second kappa shape index (κ2) is 5.40. The molecule has 0 fully saturated rings. The molecule has 0 saturated heterocycles. The minimum Gasteiger partial charge on any atom is -0.292 e. The number of para-hydroxylation sites is 1. The zero-order valence-corrected chi connectivity index (χ0v) is 11.0. The predicted molar refractivity (Wildman–Crippen MR) is 68.7 cm³/mol. The lowest BCUT2D eigenvalue weighted by Gasteiger charge is -2.18. The summed E-state index contributed by atoms with van der Waals surface area (Å²) in [5.41, 5.74) is 0.988. The molecule has 1 heterocycles. The van der Waals surface area contributed by atoms with Crippen LogP contribution in [0.25, 0.3) is 0 Å². The Bertz CT molecular complexity index is 448. The van der Waals surface area contributed by atoms with E-state index < -0.39 is 0 Å². The van der Waals surface area contributed by atoms with Gasteiger partial charge in [0.2, 0.25) is 0 Å². The molecule has 2 rings (SSSR count). The highest BCUT2D eigenvalue weighted by Gasteiger charge is 2.36. The van der Waals surface area contributed by atoms with Gasteiger partial charge >= 0.3 is 5.69 Å². The number of benzene rings is 1. The number of carbonyl (C=O) groups excluding carboxylic acids is 1. The summed E-state index contributed by atoms with van der Waals surface area (Å²) >= 11 is 3.35. The Kier molecular flexibility index (Phi) is 3.89. The van der Waals surface area contributed by atoms with E-state index in [9.17, 15) is 9.70 Å². The molecule has 5 heteroatoms. The molecule has 4 nitrogen and oxygen atoms in total. The van der Waals surface area contributed by atoms with Crippen molar-refractivity contribution in [1.29, 1.82) is 0 Å². The van der Waals surface area contributed by atoms with Crippen LogP contribution in [0.1, 0.15) is 23.2 Å². The molecule has 0 saturated carbocycles. The molecule has 0 aliphatic carbocycles. The first kappa shape index (κ1) is 12.2. The highest BCUT2D eigenvalue weighted by Crippen LogP contribution is 2.25. The molecule has 17 heavy (non-hydrogen) atoms. The number of ketones is 1. The Morgan fingerprint density at radius 2 is 2.06 bits per heavy atom. The van der Waals surface area contributed by atoms with Crippen molar-refractivity contribution in [3.8, 4) is 0 Å². The maximum absolute atomic E-state index is 12.0. The molecule has 1 aliphatic rings. The van der Waals surface area contributed by atoms with Gasteiger partial charge in [0.1, 0.15) is 6.54 Å². The molecule has 0 unspecified atom stereocenters. The SMILES string of the molecule is O=C1CN(CCCCBr)[N+](=O)c2ccccc21. The Hall–Kier alpha value is -1.23. The maximum Gasteiger partial charge on any atom is 0.302 e. The number of halogens is 1. The first-order valence-electron chi connectivity index (χ1n) is 5.64. The van der Waals surface area contributed by atoms with Crippen molar-refractivity contribution in [3.63, 3.8) is 0 Å². The molecule has 90 valence electrons. The Morgan fingerprint density at radius 3 is 2.82 bits per heavy atom. The van der Waals surface area contributed by atoms with Gasteiger partial charge in [-0.2, -0.15) is 0 Å². The molecular formula is C12H14BrN2O2+. The van der Waals surface area contributed by atoms with Crippen molar-refractivity contribution in [2.75, 3.05) is 18.4 Å². The van der Waals surface area contributed by atoms with Gasteiger partial charge in [-0.15, -0.1) is 5.01 Å². The second-order valence-electron chi connectivity index (χ2n) is 4.00. The molecule has 0 N–H and O–H groups in total. The van der Waals surface area contributed by atoms with E-state index in [0.29, 0.717) is 17.8 Å². The molecule has 1 aromatic rings. The third kappa shape index (κ3) is 2.54. The van der Waals surface area contributed by atoms with E-state index in [-0.39, 0.29) is 12.3 Å². The number of rotatable bonds is 4. The van der Waals surface area contributed by atoms with Gasteiger partial charge < -0.3 is 0 Å². The van der Waals surface area contributed by atoms with E-state index in [0.717, 1.165) is 23.0 Å². The van der Waals surface area contributed by atoms with E-state index in [1.165, 1.54) is 0 Å². The fraction of sp³-hybridized carbons (Fsp3) is 0.417. The van der Waals surface area contributed by atoms with Crippen molar-refractivity contribution >= 4 is 27.4 Å². The van der Waals surface area contributed by atoms with Crippen LogP contribution in [0.5, 0.6) is 0 Å². The van der Waals surface area contributed by atoms with Gasteiger partial charge in [0, 0.05) is 11.4 Å². The summed E-state index contributed by atoms with van der Waals surface area (Å²) in [5, 5.41) is 2.48. The smallest absolute Gasteiger partial charge is 0.292 e. The molecule has 1 aromatic carbocycles. The Morgan fingerprint density at radius 1 is 1.29 bits per heavy atom. The topological polar surface area (TPSA) is 40.4 Å². The standard InChI is InChI=1S/C12H14BrN2O2/c13-7-3-4-8-14-9-12(16)10-5-1-2-6-11(10)15(14)17/h1-2,5-6H,3-4,7-9H2/q+1. The van der Waals surface area contributed by atoms with Gasteiger partial charge in [-0.1, -0.05) is 28.1 Å². The number of hydrogen-bond donors (Lipinski definition) is 0. The minimum absolute atomic E-state index is 0.0199.